The average Bonchev–Trinajstić information content (AvgIpc) is 3.11. The fourth-order valence-corrected chi connectivity index (χ4v) is 5.65. The molecule has 2 fully saturated rings. The average molecular weight is 396 g/mol. The van der Waals surface area contributed by atoms with Crippen LogP contribution in [0.3, 0.4) is 0 Å². The topological polar surface area (TPSA) is 97.2 Å². The summed E-state index contributed by atoms with van der Waals surface area (Å²) in [5, 5.41) is 2.78. The normalized spacial score (nSPS) is 28.3. The minimum absolute atomic E-state index is 0.0933. The van der Waals surface area contributed by atoms with Gasteiger partial charge in [0.1, 0.15) is 23.1 Å². The van der Waals surface area contributed by atoms with Gasteiger partial charge in [0, 0.05) is 6.42 Å². The molecular formula is C18H26N3O5S+. The van der Waals surface area contributed by atoms with Gasteiger partial charge in [-0.2, -0.15) is 0 Å². The van der Waals surface area contributed by atoms with Crippen molar-refractivity contribution >= 4 is 21.8 Å². The summed E-state index contributed by atoms with van der Waals surface area (Å²) in [6.45, 7) is 4.39. The van der Waals surface area contributed by atoms with Crippen molar-refractivity contribution in [3.05, 3.63) is 29.8 Å². The van der Waals surface area contributed by atoms with E-state index in [1.54, 1.807) is 38.3 Å². The zero-order valence-electron chi connectivity index (χ0n) is 15.8. The number of sulfone groups is 1. The van der Waals surface area contributed by atoms with Crippen LogP contribution in [0, 0.1) is 0 Å². The van der Waals surface area contributed by atoms with Crippen LogP contribution in [0.1, 0.15) is 25.8 Å². The van der Waals surface area contributed by atoms with Crippen LogP contribution in [-0.2, 0) is 20.2 Å². The summed E-state index contributed by atoms with van der Waals surface area (Å²) >= 11 is 0. The second-order valence-electron chi connectivity index (χ2n) is 7.29. The van der Waals surface area contributed by atoms with Crippen molar-refractivity contribution in [1.29, 1.82) is 0 Å². The highest BCUT2D eigenvalue weighted by Crippen LogP contribution is 2.30. The second-order valence-corrected chi connectivity index (χ2v) is 9.52. The number of carbonyl (C=O) groups is 2. The van der Waals surface area contributed by atoms with E-state index in [-0.39, 0.29) is 30.1 Å². The number of methoxy groups -OCH3 is 1. The number of ether oxygens (including phenoxy) is 1. The van der Waals surface area contributed by atoms with E-state index in [9.17, 15) is 18.0 Å². The van der Waals surface area contributed by atoms with Gasteiger partial charge in [-0.25, -0.2) is 18.1 Å². The molecule has 3 amide bonds. The van der Waals surface area contributed by atoms with E-state index in [1.807, 2.05) is 6.92 Å². The molecule has 1 aromatic rings. The van der Waals surface area contributed by atoms with Crippen LogP contribution in [-0.4, -0.2) is 63.1 Å². The molecular weight excluding hydrogens is 370 g/mol. The van der Waals surface area contributed by atoms with E-state index < -0.39 is 21.4 Å². The fourth-order valence-electron chi connectivity index (χ4n) is 3.82. The zero-order valence-corrected chi connectivity index (χ0v) is 16.6. The smallest absolute Gasteiger partial charge is 0.329 e. The standard InChI is InChI=1S/C18H25N3O5S/c1-4-20(14-8-9-27(24,25)11-14)12-21-16(22)18(2,19-17(21)23)13-6-5-7-15(10-13)26-3/h5-7,10,14H,4,8-9,11-12H2,1-3H3,(H,19,23)/p+1/t14-,18-/m1/s1. The molecule has 0 bridgehead atoms. The van der Waals surface area contributed by atoms with Gasteiger partial charge in [-0.15, -0.1) is 0 Å². The van der Waals surface area contributed by atoms with Crippen LogP contribution in [0.4, 0.5) is 4.79 Å². The summed E-state index contributed by atoms with van der Waals surface area (Å²) < 4.78 is 28.8. The number of benzene rings is 1. The Kier molecular flexibility index (Phi) is 5.18. The number of quaternary nitrogens is 1. The highest BCUT2D eigenvalue weighted by molar-refractivity contribution is 7.91. The molecule has 9 heteroatoms. The van der Waals surface area contributed by atoms with E-state index >= 15 is 0 Å². The SMILES string of the molecule is CC[NH+](CN1C(=O)N[C@](C)(c2cccc(OC)c2)C1=O)[C@@H]1CCS(=O)(=O)C1. The number of nitrogens with one attached hydrogen (secondary N) is 2. The second kappa shape index (κ2) is 7.12. The molecule has 0 radical (unpaired) electrons. The molecule has 1 unspecified atom stereocenters. The third-order valence-corrected chi connectivity index (χ3v) is 7.32. The molecule has 1 aromatic carbocycles. The number of hydrogen-bond acceptors (Lipinski definition) is 5. The van der Waals surface area contributed by atoms with Crippen molar-refractivity contribution < 1.29 is 27.6 Å². The van der Waals surface area contributed by atoms with Crippen LogP contribution in [0.25, 0.3) is 0 Å². The molecule has 8 nitrogen and oxygen atoms in total. The summed E-state index contributed by atoms with van der Waals surface area (Å²) in [5.41, 5.74) is -0.532. The first-order valence-electron chi connectivity index (χ1n) is 9.04. The van der Waals surface area contributed by atoms with Crippen LogP contribution in [0.2, 0.25) is 0 Å². The highest BCUT2D eigenvalue weighted by Gasteiger charge is 2.51. The number of imide groups is 1. The van der Waals surface area contributed by atoms with Gasteiger partial charge in [0.05, 0.1) is 19.4 Å². The van der Waals surface area contributed by atoms with Crippen molar-refractivity contribution in [3.8, 4) is 5.75 Å². The lowest BCUT2D eigenvalue weighted by molar-refractivity contribution is -0.927. The van der Waals surface area contributed by atoms with Gasteiger partial charge in [-0.05, 0) is 31.5 Å². The Morgan fingerprint density at radius 3 is 2.70 bits per heavy atom. The molecule has 2 aliphatic rings. The van der Waals surface area contributed by atoms with Gasteiger partial charge < -0.3 is 15.0 Å². The van der Waals surface area contributed by atoms with Crippen LogP contribution < -0.4 is 15.0 Å². The minimum Gasteiger partial charge on any atom is -0.497 e. The molecule has 0 spiro atoms. The molecule has 0 aromatic heterocycles. The Balaban J connectivity index is 1.81. The highest BCUT2D eigenvalue weighted by atomic mass is 32.2. The monoisotopic (exact) mass is 396 g/mol. The quantitative estimate of drug-likeness (QED) is 0.633. The molecule has 0 saturated carbocycles. The Morgan fingerprint density at radius 2 is 2.11 bits per heavy atom. The Labute approximate surface area is 159 Å². The van der Waals surface area contributed by atoms with Gasteiger partial charge in [-0.1, -0.05) is 12.1 Å². The number of rotatable bonds is 6. The van der Waals surface area contributed by atoms with Crippen molar-refractivity contribution in [2.24, 2.45) is 0 Å². The predicted molar refractivity (Wildman–Crippen MR) is 99.2 cm³/mol. The minimum atomic E-state index is -3.02. The first kappa shape index (κ1) is 19.6. The van der Waals surface area contributed by atoms with Crippen LogP contribution in [0.5, 0.6) is 5.75 Å². The molecule has 3 atom stereocenters. The largest absolute Gasteiger partial charge is 0.497 e. The van der Waals surface area contributed by atoms with Crippen molar-refractivity contribution in [1.82, 2.24) is 10.2 Å². The number of amides is 3. The lowest BCUT2D eigenvalue weighted by Gasteiger charge is -2.27. The Hall–Kier alpha value is -2.13. The Morgan fingerprint density at radius 1 is 1.37 bits per heavy atom. The Bertz CT molecular complexity index is 856. The summed E-state index contributed by atoms with van der Waals surface area (Å²) in [5.74, 6) is 0.536. The van der Waals surface area contributed by atoms with E-state index in [4.69, 9.17) is 4.74 Å². The van der Waals surface area contributed by atoms with E-state index in [1.165, 1.54) is 4.90 Å². The maximum absolute atomic E-state index is 13.1. The molecule has 27 heavy (non-hydrogen) atoms. The summed E-state index contributed by atoms with van der Waals surface area (Å²) in [7, 11) is -1.48. The summed E-state index contributed by atoms with van der Waals surface area (Å²) in [6, 6.07) is 6.50. The molecule has 2 aliphatic heterocycles. The van der Waals surface area contributed by atoms with E-state index in [2.05, 4.69) is 5.32 Å². The predicted octanol–water partition coefficient (Wildman–Crippen LogP) is -0.488. The van der Waals surface area contributed by atoms with Crippen LogP contribution in [0.15, 0.2) is 24.3 Å². The van der Waals surface area contributed by atoms with Gasteiger partial charge in [0.2, 0.25) is 0 Å². The van der Waals surface area contributed by atoms with Gasteiger partial charge in [-0.3, -0.25) is 4.79 Å². The maximum Gasteiger partial charge on any atom is 0.329 e. The van der Waals surface area contributed by atoms with E-state index in [0.717, 1.165) is 4.90 Å². The summed E-state index contributed by atoms with van der Waals surface area (Å²) in [6.07, 6.45) is 0.558. The number of nitrogens with zero attached hydrogens (tertiary/aromatic N) is 1. The molecule has 2 heterocycles. The third-order valence-electron chi connectivity index (χ3n) is 5.55. The van der Waals surface area contributed by atoms with Crippen molar-refractivity contribution in [3.63, 3.8) is 0 Å². The van der Waals surface area contributed by atoms with E-state index in [0.29, 0.717) is 24.3 Å². The number of urea groups is 1. The molecule has 2 N–H and O–H groups in total. The first-order chi connectivity index (χ1) is 12.7. The molecule has 2 saturated heterocycles. The third kappa shape index (κ3) is 3.66. The fraction of sp³-hybridized carbons (Fsp3) is 0.556. The molecule has 148 valence electrons. The summed E-state index contributed by atoms with van der Waals surface area (Å²) in [4.78, 5) is 27.8. The van der Waals surface area contributed by atoms with Crippen LogP contribution >= 0.6 is 0 Å². The lowest BCUT2D eigenvalue weighted by atomic mass is 9.92. The van der Waals surface area contributed by atoms with Gasteiger partial charge in [0.25, 0.3) is 5.91 Å². The first-order valence-corrected chi connectivity index (χ1v) is 10.9. The lowest BCUT2D eigenvalue weighted by Crippen LogP contribution is -3.17. The molecule has 0 aliphatic carbocycles. The van der Waals surface area contributed by atoms with Crippen molar-refractivity contribution in [2.45, 2.75) is 31.8 Å². The maximum atomic E-state index is 13.1. The number of carbonyl (C=O) groups excluding carboxylic acids is 2. The van der Waals surface area contributed by atoms with Gasteiger partial charge >= 0.3 is 6.03 Å². The van der Waals surface area contributed by atoms with Gasteiger partial charge in [0.15, 0.2) is 16.5 Å². The van der Waals surface area contributed by atoms with Crippen molar-refractivity contribution in [2.75, 3.05) is 31.8 Å². The zero-order chi connectivity index (χ0) is 19.8. The molecule has 3 rings (SSSR count). The number of hydrogen-bond donors (Lipinski definition) is 2.